The molecule has 26 heavy (non-hydrogen) atoms. The minimum atomic E-state index is -0.460. The number of hydrogen-bond donors (Lipinski definition) is 0. The molecule has 0 radical (unpaired) electrons. The Bertz CT molecular complexity index is 758. The molecule has 0 aromatic heterocycles. The molecule has 5 heteroatoms. The number of carbonyl (C=O) groups is 2. The predicted octanol–water partition coefficient (Wildman–Crippen LogP) is 3.92. The molecule has 0 bridgehead atoms. The Morgan fingerprint density at radius 1 is 0.962 bits per heavy atom. The molecule has 0 spiro atoms. The maximum Gasteiger partial charge on any atom is 0.343 e. The summed E-state index contributed by atoms with van der Waals surface area (Å²) >= 11 is 0. The van der Waals surface area contributed by atoms with Crippen molar-refractivity contribution in [2.45, 2.75) is 20.0 Å². The molecule has 0 aliphatic carbocycles. The van der Waals surface area contributed by atoms with Gasteiger partial charge in [0.05, 0.1) is 13.2 Å². The number of rotatable bonds is 8. The zero-order chi connectivity index (χ0) is 18.9. The summed E-state index contributed by atoms with van der Waals surface area (Å²) in [5.74, 6) is 0.715. The SMILES string of the molecule is COC(=O)COc1ccc(C(=O)/C=C/c2ccc(OC(C)C)cc2)cc1. The summed E-state index contributed by atoms with van der Waals surface area (Å²) < 4.78 is 15.3. The molecule has 2 aromatic rings. The van der Waals surface area contributed by atoms with Crippen molar-refractivity contribution in [3.8, 4) is 11.5 Å². The van der Waals surface area contributed by atoms with E-state index in [-0.39, 0.29) is 18.5 Å². The van der Waals surface area contributed by atoms with Gasteiger partial charge in [-0.25, -0.2) is 4.79 Å². The summed E-state index contributed by atoms with van der Waals surface area (Å²) in [6.07, 6.45) is 3.39. The maximum absolute atomic E-state index is 12.2. The largest absolute Gasteiger partial charge is 0.491 e. The smallest absolute Gasteiger partial charge is 0.343 e. The average Bonchev–Trinajstić information content (AvgIpc) is 2.65. The standard InChI is InChI=1S/C21H22O5/c1-15(2)26-19-9-4-16(5-10-19)6-13-20(22)17-7-11-18(12-8-17)25-14-21(23)24-3/h4-13,15H,14H2,1-3H3/b13-6+. The van der Waals surface area contributed by atoms with Gasteiger partial charge < -0.3 is 14.2 Å². The van der Waals surface area contributed by atoms with E-state index in [1.54, 1.807) is 30.3 Å². The zero-order valence-electron chi connectivity index (χ0n) is 15.1. The first-order valence-electron chi connectivity index (χ1n) is 8.26. The number of carbonyl (C=O) groups excluding carboxylic acids is 2. The number of allylic oxidation sites excluding steroid dienone is 1. The second kappa shape index (κ2) is 9.42. The van der Waals surface area contributed by atoms with Gasteiger partial charge >= 0.3 is 5.97 Å². The van der Waals surface area contributed by atoms with Crippen LogP contribution >= 0.6 is 0 Å². The molecule has 0 aliphatic rings. The molecule has 2 aromatic carbocycles. The summed E-state index contributed by atoms with van der Waals surface area (Å²) in [5, 5.41) is 0. The molecule has 0 saturated carbocycles. The van der Waals surface area contributed by atoms with E-state index in [0.29, 0.717) is 11.3 Å². The van der Waals surface area contributed by atoms with E-state index in [4.69, 9.17) is 9.47 Å². The van der Waals surface area contributed by atoms with E-state index in [9.17, 15) is 9.59 Å². The molecule has 2 rings (SSSR count). The van der Waals surface area contributed by atoms with Crippen molar-refractivity contribution in [2.24, 2.45) is 0 Å². The molecule has 0 atom stereocenters. The van der Waals surface area contributed by atoms with Crippen LogP contribution < -0.4 is 9.47 Å². The fraction of sp³-hybridized carbons (Fsp3) is 0.238. The minimum Gasteiger partial charge on any atom is -0.491 e. The number of benzene rings is 2. The lowest BCUT2D eigenvalue weighted by molar-refractivity contribution is -0.142. The highest BCUT2D eigenvalue weighted by atomic mass is 16.6. The van der Waals surface area contributed by atoms with Crippen LogP contribution in [0.25, 0.3) is 6.08 Å². The van der Waals surface area contributed by atoms with Gasteiger partial charge in [0, 0.05) is 5.56 Å². The summed E-state index contributed by atoms with van der Waals surface area (Å²) in [6.45, 7) is 3.77. The number of ketones is 1. The Balaban J connectivity index is 1.94. The van der Waals surface area contributed by atoms with Gasteiger partial charge in [-0.05, 0) is 61.9 Å². The maximum atomic E-state index is 12.2. The predicted molar refractivity (Wildman–Crippen MR) is 99.5 cm³/mol. The van der Waals surface area contributed by atoms with Crippen molar-refractivity contribution in [1.82, 2.24) is 0 Å². The molecule has 0 unspecified atom stereocenters. The third-order valence-corrected chi connectivity index (χ3v) is 3.40. The van der Waals surface area contributed by atoms with E-state index in [1.807, 2.05) is 38.1 Å². The van der Waals surface area contributed by atoms with Gasteiger partial charge in [-0.1, -0.05) is 18.2 Å². The van der Waals surface area contributed by atoms with Gasteiger partial charge in [0.1, 0.15) is 11.5 Å². The monoisotopic (exact) mass is 354 g/mol. The first-order chi connectivity index (χ1) is 12.5. The number of ether oxygens (including phenoxy) is 3. The van der Waals surface area contributed by atoms with Crippen LogP contribution in [0.1, 0.15) is 29.8 Å². The van der Waals surface area contributed by atoms with E-state index in [0.717, 1.165) is 11.3 Å². The molecular weight excluding hydrogens is 332 g/mol. The lowest BCUT2D eigenvalue weighted by Gasteiger charge is -2.09. The van der Waals surface area contributed by atoms with Gasteiger partial charge in [0.25, 0.3) is 0 Å². The summed E-state index contributed by atoms with van der Waals surface area (Å²) in [7, 11) is 1.30. The molecule has 0 aliphatic heterocycles. The fourth-order valence-corrected chi connectivity index (χ4v) is 2.11. The normalized spacial score (nSPS) is 10.8. The topological polar surface area (TPSA) is 61.8 Å². The first-order valence-corrected chi connectivity index (χ1v) is 8.26. The molecule has 0 saturated heterocycles. The van der Waals surface area contributed by atoms with Crippen molar-refractivity contribution in [1.29, 1.82) is 0 Å². The highest BCUT2D eigenvalue weighted by molar-refractivity contribution is 6.06. The molecule has 136 valence electrons. The molecule has 0 N–H and O–H groups in total. The second-order valence-corrected chi connectivity index (χ2v) is 5.82. The summed E-state index contributed by atoms with van der Waals surface area (Å²) in [4.78, 5) is 23.3. The highest BCUT2D eigenvalue weighted by Gasteiger charge is 2.05. The second-order valence-electron chi connectivity index (χ2n) is 5.82. The molecule has 5 nitrogen and oxygen atoms in total. The average molecular weight is 354 g/mol. The summed E-state index contributed by atoms with van der Waals surface area (Å²) in [5.41, 5.74) is 1.44. The molecule has 0 amide bonds. The highest BCUT2D eigenvalue weighted by Crippen LogP contribution is 2.16. The van der Waals surface area contributed by atoms with Crippen LogP contribution in [0.15, 0.2) is 54.6 Å². The van der Waals surface area contributed by atoms with Crippen LogP contribution in [0.5, 0.6) is 11.5 Å². The molecule has 0 fully saturated rings. The van der Waals surface area contributed by atoms with Crippen molar-refractivity contribution < 1.29 is 23.8 Å². The van der Waals surface area contributed by atoms with Gasteiger partial charge in [-0.3, -0.25) is 4.79 Å². The third kappa shape index (κ3) is 6.09. The van der Waals surface area contributed by atoms with Crippen LogP contribution in [-0.4, -0.2) is 31.6 Å². The number of hydrogen-bond acceptors (Lipinski definition) is 5. The van der Waals surface area contributed by atoms with Crippen LogP contribution in [-0.2, 0) is 9.53 Å². The van der Waals surface area contributed by atoms with Crippen molar-refractivity contribution in [3.63, 3.8) is 0 Å². The zero-order valence-corrected chi connectivity index (χ0v) is 15.1. The van der Waals surface area contributed by atoms with E-state index >= 15 is 0 Å². The van der Waals surface area contributed by atoms with Crippen LogP contribution in [0.3, 0.4) is 0 Å². The Hall–Kier alpha value is -3.08. The van der Waals surface area contributed by atoms with E-state index < -0.39 is 5.97 Å². The van der Waals surface area contributed by atoms with Gasteiger partial charge in [-0.2, -0.15) is 0 Å². The van der Waals surface area contributed by atoms with Crippen LogP contribution in [0, 0.1) is 0 Å². The van der Waals surface area contributed by atoms with Crippen LogP contribution in [0.2, 0.25) is 0 Å². The number of esters is 1. The number of methoxy groups -OCH3 is 1. The fourth-order valence-electron chi connectivity index (χ4n) is 2.11. The summed E-state index contributed by atoms with van der Waals surface area (Å²) in [6, 6.07) is 14.1. The van der Waals surface area contributed by atoms with Gasteiger partial charge in [-0.15, -0.1) is 0 Å². The molecular formula is C21H22O5. The van der Waals surface area contributed by atoms with Gasteiger partial charge in [0.2, 0.25) is 0 Å². The van der Waals surface area contributed by atoms with Gasteiger partial charge in [0.15, 0.2) is 12.4 Å². The lowest BCUT2D eigenvalue weighted by atomic mass is 10.1. The third-order valence-electron chi connectivity index (χ3n) is 3.40. The quantitative estimate of drug-likeness (QED) is 0.408. The Morgan fingerprint density at radius 3 is 2.15 bits per heavy atom. The van der Waals surface area contributed by atoms with E-state index in [1.165, 1.54) is 13.2 Å². The van der Waals surface area contributed by atoms with Crippen molar-refractivity contribution >= 4 is 17.8 Å². The Morgan fingerprint density at radius 2 is 1.58 bits per heavy atom. The van der Waals surface area contributed by atoms with Crippen molar-refractivity contribution in [3.05, 3.63) is 65.7 Å². The van der Waals surface area contributed by atoms with Crippen molar-refractivity contribution in [2.75, 3.05) is 13.7 Å². The lowest BCUT2D eigenvalue weighted by Crippen LogP contribution is -2.12. The Labute approximate surface area is 153 Å². The minimum absolute atomic E-state index is 0.118. The van der Waals surface area contributed by atoms with Crippen LogP contribution in [0.4, 0.5) is 0 Å². The molecule has 0 heterocycles. The Kier molecular flexibility index (Phi) is 6.97. The first kappa shape index (κ1) is 19.2. The van der Waals surface area contributed by atoms with E-state index in [2.05, 4.69) is 4.74 Å².